The van der Waals surface area contributed by atoms with Crippen LogP contribution >= 0.6 is 0 Å². The quantitative estimate of drug-likeness (QED) is 0.747. The lowest BCUT2D eigenvalue weighted by Crippen LogP contribution is -2.25. The second kappa shape index (κ2) is 8.36. The Hall–Kier alpha value is -1.11. The molecule has 1 atom stereocenters. The molecule has 0 aliphatic rings. The van der Waals surface area contributed by atoms with E-state index in [1.54, 1.807) is 6.07 Å². The van der Waals surface area contributed by atoms with Crippen LogP contribution in [0.3, 0.4) is 0 Å². The first-order valence-electron chi connectivity index (χ1n) is 6.93. The molecule has 0 saturated carbocycles. The molecule has 0 bridgehead atoms. The molecular formula is C15H23F3N2O. The van der Waals surface area contributed by atoms with Crippen LogP contribution in [0.1, 0.15) is 24.1 Å². The third-order valence-corrected chi connectivity index (χ3v) is 3.09. The van der Waals surface area contributed by atoms with Gasteiger partial charge in [-0.2, -0.15) is 13.2 Å². The van der Waals surface area contributed by atoms with Crippen molar-refractivity contribution in [1.29, 1.82) is 0 Å². The zero-order valence-electron chi connectivity index (χ0n) is 12.7. The number of nitrogens with one attached hydrogen (secondary N) is 1. The fraction of sp³-hybridized carbons (Fsp3) is 0.600. The molecule has 0 aliphatic carbocycles. The average molecular weight is 304 g/mol. The average Bonchev–Trinajstić information content (AvgIpc) is 2.41. The van der Waals surface area contributed by atoms with E-state index in [-0.39, 0.29) is 6.04 Å². The maximum atomic E-state index is 12.6. The number of hydrogen-bond donors (Lipinski definition) is 1. The van der Waals surface area contributed by atoms with E-state index < -0.39 is 11.7 Å². The van der Waals surface area contributed by atoms with Crippen molar-refractivity contribution in [2.24, 2.45) is 0 Å². The number of rotatable bonds is 8. The van der Waals surface area contributed by atoms with E-state index in [2.05, 4.69) is 5.32 Å². The number of hydrogen-bond acceptors (Lipinski definition) is 3. The fourth-order valence-corrected chi connectivity index (χ4v) is 1.80. The van der Waals surface area contributed by atoms with E-state index in [9.17, 15) is 13.2 Å². The minimum atomic E-state index is -4.30. The Kier molecular flexibility index (Phi) is 7.14. The second-order valence-corrected chi connectivity index (χ2v) is 5.21. The van der Waals surface area contributed by atoms with Gasteiger partial charge < -0.3 is 15.0 Å². The molecule has 21 heavy (non-hydrogen) atoms. The number of likely N-dealkylation sites (N-methyl/N-ethyl adjacent to an activating group) is 1. The standard InChI is InChI=1S/C15H23F3N2O/c1-12(19-7-9-21-10-8-20(2)3)13-5-4-6-14(11-13)15(16,17)18/h4-6,11-12,19H,7-10H2,1-3H3. The van der Waals surface area contributed by atoms with Gasteiger partial charge in [0.1, 0.15) is 0 Å². The Bertz CT molecular complexity index is 422. The van der Waals surface area contributed by atoms with Crippen LogP contribution in [-0.4, -0.2) is 45.3 Å². The van der Waals surface area contributed by atoms with Crippen LogP contribution in [0, 0.1) is 0 Å². The Balaban J connectivity index is 2.37. The topological polar surface area (TPSA) is 24.5 Å². The predicted molar refractivity (Wildman–Crippen MR) is 77.2 cm³/mol. The number of alkyl halides is 3. The summed E-state index contributed by atoms with van der Waals surface area (Å²) < 4.78 is 43.4. The number of ether oxygens (including phenoxy) is 1. The van der Waals surface area contributed by atoms with Gasteiger partial charge in [-0.3, -0.25) is 0 Å². The Labute approximate surface area is 124 Å². The molecule has 1 rings (SSSR count). The molecule has 0 spiro atoms. The number of nitrogens with zero attached hydrogens (tertiary/aromatic N) is 1. The van der Waals surface area contributed by atoms with Crippen molar-refractivity contribution < 1.29 is 17.9 Å². The fourth-order valence-electron chi connectivity index (χ4n) is 1.80. The van der Waals surface area contributed by atoms with Gasteiger partial charge in [-0.25, -0.2) is 0 Å². The maximum Gasteiger partial charge on any atom is 0.416 e. The molecular weight excluding hydrogens is 281 g/mol. The highest BCUT2D eigenvalue weighted by Gasteiger charge is 2.30. The molecule has 0 aliphatic heterocycles. The van der Waals surface area contributed by atoms with Crippen LogP contribution in [0.5, 0.6) is 0 Å². The number of benzene rings is 1. The first kappa shape index (κ1) is 17.9. The lowest BCUT2D eigenvalue weighted by Gasteiger charge is -2.16. The molecule has 0 radical (unpaired) electrons. The van der Waals surface area contributed by atoms with E-state index in [4.69, 9.17) is 4.74 Å². The van der Waals surface area contributed by atoms with Crippen LogP contribution < -0.4 is 5.32 Å². The van der Waals surface area contributed by atoms with Gasteiger partial charge in [0.05, 0.1) is 18.8 Å². The van der Waals surface area contributed by atoms with Gasteiger partial charge in [-0.1, -0.05) is 12.1 Å². The largest absolute Gasteiger partial charge is 0.416 e. The number of halogens is 3. The Morgan fingerprint density at radius 1 is 1.24 bits per heavy atom. The summed E-state index contributed by atoms with van der Waals surface area (Å²) >= 11 is 0. The summed E-state index contributed by atoms with van der Waals surface area (Å²) in [6, 6.07) is 5.25. The summed E-state index contributed by atoms with van der Waals surface area (Å²) in [6.07, 6.45) is -4.30. The van der Waals surface area contributed by atoms with Crippen molar-refractivity contribution in [1.82, 2.24) is 10.2 Å². The van der Waals surface area contributed by atoms with E-state index in [0.29, 0.717) is 25.3 Å². The monoisotopic (exact) mass is 304 g/mol. The zero-order valence-corrected chi connectivity index (χ0v) is 12.7. The van der Waals surface area contributed by atoms with Gasteiger partial charge in [-0.05, 0) is 38.7 Å². The van der Waals surface area contributed by atoms with Gasteiger partial charge in [-0.15, -0.1) is 0 Å². The Morgan fingerprint density at radius 3 is 2.57 bits per heavy atom. The molecule has 0 amide bonds. The minimum Gasteiger partial charge on any atom is -0.379 e. The third kappa shape index (κ3) is 6.93. The van der Waals surface area contributed by atoms with Gasteiger partial charge >= 0.3 is 6.18 Å². The summed E-state index contributed by atoms with van der Waals surface area (Å²) in [7, 11) is 3.94. The van der Waals surface area contributed by atoms with Crippen molar-refractivity contribution in [3.63, 3.8) is 0 Å². The van der Waals surface area contributed by atoms with Gasteiger partial charge in [0.2, 0.25) is 0 Å². The van der Waals surface area contributed by atoms with Crippen molar-refractivity contribution in [2.45, 2.75) is 19.1 Å². The van der Waals surface area contributed by atoms with E-state index in [1.807, 2.05) is 25.9 Å². The van der Waals surface area contributed by atoms with E-state index in [1.165, 1.54) is 12.1 Å². The SMILES string of the molecule is CC(NCCOCCN(C)C)c1cccc(C(F)(F)F)c1. The van der Waals surface area contributed by atoms with Crippen molar-refractivity contribution >= 4 is 0 Å². The first-order chi connectivity index (χ1) is 9.80. The lowest BCUT2D eigenvalue weighted by atomic mass is 10.0. The summed E-state index contributed by atoms with van der Waals surface area (Å²) in [5, 5.41) is 3.16. The van der Waals surface area contributed by atoms with Crippen molar-refractivity contribution in [3.05, 3.63) is 35.4 Å². The molecule has 0 saturated heterocycles. The smallest absolute Gasteiger partial charge is 0.379 e. The van der Waals surface area contributed by atoms with Crippen molar-refractivity contribution in [2.75, 3.05) is 40.4 Å². The molecule has 120 valence electrons. The molecule has 1 aromatic rings. The summed E-state index contributed by atoms with van der Waals surface area (Å²) in [6.45, 7) is 4.48. The molecule has 0 heterocycles. The van der Waals surface area contributed by atoms with E-state index in [0.717, 1.165) is 12.6 Å². The highest BCUT2D eigenvalue weighted by Crippen LogP contribution is 2.30. The van der Waals surface area contributed by atoms with Crippen LogP contribution in [0.4, 0.5) is 13.2 Å². The second-order valence-electron chi connectivity index (χ2n) is 5.21. The normalized spacial score (nSPS) is 13.7. The molecule has 1 unspecified atom stereocenters. The minimum absolute atomic E-state index is 0.148. The zero-order chi connectivity index (χ0) is 15.9. The van der Waals surface area contributed by atoms with Gasteiger partial charge in [0, 0.05) is 19.1 Å². The molecule has 3 nitrogen and oxygen atoms in total. The molecule has 1 aromatic carbocycles. The summed E-state index contributed by atoms with van der Waals surface area (Å²) in [4.78, 5) is 2.03. The van der Waals surface area contributed by atoms with Crippen LogP contribution in [0.15, 0.2) is 24.3 Å². The molecule has 0 aromatic heterocycles. The third-order valence-electron chi connectivity index (χ3n) is 3.09. The van der Waals surface area contributed by atoms with Gasteiger partial charge in [0.15, 0.2) is 0 Å². The van der Waals surface area contributed by atoms with E-state index >= 15 is 0 Å². The van der Waals surface area contributed by atoms with Crippen LogP contribution in [0.25, 0.3) is 0 Å². The first-order valence-corrected chi connectivity index (χ1v) is 6.93. The van der Waals surface area contributed by atoms with Crippen LogP contribution in [-0.2, 0) is 10.9 Å². The Morgan fingerprint density at radius 2 is 1.95 bits per heavy atom. The molecule has 0 fully saturated rings. The van der Waals surface area contributed by atoms with Crippen molar-refractivity contribution in [3.8, 4) is 0 Å². The maximum absolute atomic E-state index is 12.6. The molecule has 6 heteroatoms. The highest BCUT2D eigenvalue weighted by molar-refractivity contribution is 5.27. The highest BCUT2D eigenvalue weighted by atomic mass is 19.4. The van der Waals surface area contributed by atoms with Gasteiger partial charge in [0.25, 0.3) is 0 Å². The van der Waals surface area contributed by atoms with Crippen LogP contribution in [0.2, 0.25) is 0 Å². The lowest BCUT2D eigenvalue weighted by molar-refractivity contribution is -0.137. The summed E-state index contributed by atoms with van der Waals surface area (Å²) in [5.41, 5.74) is 0.00833. The summed E-state index contributed by atoms with van der Waals surface area (Å²) in [5.74, 6) is 0. The molecule has 1 N–H and O–H groups in total. The predicted octanol–water partition coefficient (Wildman–Crippen LogP) is 2.93.